The second-order valence-corrected chi connectivity index (χ2v) is 7.73. The predicted octanol–water partition coefficient (Wildman–Crippen LogP) is 5.23. The molecule has 5 nitrogen and oxygen atoms in total. The number of hydrogen-bond donors (Lipinski definition) is 1. The van der Waals surface area contributed by atoms with Crippen LogP contribution in [0.25, 0.3) is 0 Å². The lowest BCUT2D eigenvalue weighted by Gasteiger charge is -2.17. The van der Waals surface area contributed by atoms with E-state index >= 15 is 0 Å². The van der Waals surface area contributed by atoms with Crippen molar-refractivity contribution in [1.29, 1.82) is 0 Å². The first-order valence-electron chi connectivity index (χ1n) is 9.28. The molecule has 0 bridgehead atoms. The Labute approximate surface area is 177 Å². The van der Waals surface area contributed by atoms with Crippen LogP contribution in [0.1, 0.15) is 6.42 Å². The van der Waals surface area contributed by atoms with E-state index in [9.17, 15) is 9.59 Å². The number of anilines is 2. The fraction of sp³-hybridized carbons (Fsp3) is 0.130. The lowest BCUT2D eigenvalue weighted by molar-refractivity contribution is -0.122. The number of halogens is 1. The smallest absolute Gasteiger partial charge is 0.229 e. The quantitative estimate of drug-likeness (QED) is 0.578. The summed E-state index contributed by atoms with van der Waals surface area (Å²) in [5.41, 5.74) is 1.47. The summed E-state index contributed by atoms with van der Waals surface area (Å²) in [6.45, 7) is 0.376. The highest BCUT2D eigenvalue weighted by atomic mass is 79.9. The Morgan fingerprint density at radius 2 is 1.59 bits per heavy atom. The van der Waals surface area contributed by atoms with Gasteiger partial charge in [0.2, 0.25) is 11.8 Å². The van der Waals surface area contributed by atoms with Gasteiger partial charge in [0.1, 0.15) is 11.5 Å². The van der Waals surface area contributed by atoms with Crippen molar-refractivity contribution in [2.75, 3.05) is 16.8 Å². The van der Waals surface area contributed by atoms with Crippen LogP contribution in [0.15, 0.2) is 83.3 Å². The van der Waals surface area contributed by atoms with E-state index in [1.807, 2.05) is 54.6 Å². The number of carbonyl (C=O) groups is 2. The van der Waals surface area contributed by atoms with Crippen molar-refractivity contribution in [1.82, 2.24) is 0 Å². The Morgan fingerprint density at radius 3 is 2.28 bits per heavy atom. The van der Waals surface area contributed by atoms with Crippen LogP contribution in [-0.2, 0) is 9.59 Å². The molecule has 1 fully saturated rings. The molecule has 1 atom stereocenters. The maximum atomic E-state index is 12.6. The minimum Gasteiger partial charge on any atom is -0.457 e. The summed E-state index contributed by atoms with van der Waals surface area (Å²) in [5.74, 6) is 0.855. The number of ether oxygens (including phenoxy) is 1. The third kappa shape index (κ3) is 4.66. The Hall–Kier alpha value is -3.12. The zero-order valence-electron chi connectivity index (χ0n) is 15.5. The monoisotopic (exact) mass is 450 g/mol. The van der Waals surface area contributed by atoms with E-state index in [1.54, 1.807) is 29.2 Å². The molecule has 2 amide bonds. The number of hydrogen-bond acceptors (Lipinski definition) is 3. The number of carbonyl (C=O) groups excluding carboxylic acids is 2. The highest BCUT2D eigenvalue weighted by Gasteiger charge is 2.35. The van der Waals surface area contributed by atoms with Gasteiger partial charge in [-0.1, -0.05) is 34.1 Å². The zero-order valence-corrected chi connectivity index (χ0v) is 17.1. The molecular weight excluding hydrogens is 432 g/mol. The van der Waals surface area contributed by atoms with E-state index < -0.39 is 0 Å². The fourth-order valence-corrected chi connectivity index (χ4v) is 3.49. The molecular formula is C23H19BrN2O3. The van der Waals surface area contributed by atoms with E-state index in [0.717, 1.165) is 15.9 Å². The minimum atomic E-state index is -0.383. The molecule has 0 saturated carbocycles. The maximum Gasteiger partial charge on any atom is 0.229 e. The number of nitrogens with one attached hydrogen (secondary N) is 1. The van der Waals surface area contributed by atoms with Crippen molar-refractivity contribution < 1.29 is 14.3 Å². The first kappa shape index (κ1) is 19.2. The Bertz CT molecular complexity index is 1000. The molecule has 0 spiro atoms. The van der Waals surface area contributed by atoms with Gasteiger partial charge in [-0.15, -0.1) is 0 Å². The second kappa shape index (κ2) is 8.49. The van der Waals surface area contributed by atoms with Crippen LogP contribution < -0.4 is 15.0 Å². The summed E-state index contributed by atoms with van der Waals surface area (Å²) in [5, 5.41) is 2.90. The van der Waals surface area contributed by atoms with Crippen LogP contribution in [0, 0.1) is 5.92 Å². The molecule has 146 valence electrons. The third-order valence-electron chi connectivity index (χ3n) is 4.73. The van der Waals surface area contributed by atoms with Gasteiger partial charge >= 0.3 is 0 Å². The van der Waals surface area contributed by atoms with Gasteiger partial charge in [0.25, 0.3) is 0 Å². The van der Waals surface area contributed by atoms with Crippen molar-refractivity contribution in [3.8, 4) is 11.5 Å². The largest absolute Gasteiger partial charge is 0.457 e. The van der Waals surface area contributed by atoms with Gasteiger partial charge in [0.05, 0.1) is 5.92 Å². The number of rotatable bonds is 5. The summed E-state index contributed by atoms with van der Waals surface area (Å²) in [6.07, 6.45) is 0.205. The molecule has 0 aliphatic carbocycles. The molecule has 29 heavy (non-hydrogen) atoms. The van der Waals surface area contributed by atoms with Gasteiger partial charge in [0.15, 0.2) is 0 Å². The van der Waals surface area contributed by atoms with E-state index in [0.29, 0.717) is 18.0 Å². The molecule has 1 saturated heterocycles. The van der Waals surface area contributed by atoms with E-state index in [4.69, 9.17) is 4.74 Å². The lowest BCUT2D eigenvalue weighted by Crippen LogP contribution is -2.28. The molecule has 6 heteroatoms. The van der Waals surface area contributed by atoms with E-state index in [1.165, 1.54) is 0 Å². The van der Waals surface area contributed by atoms with Gasteiger partial charge < -0.3 is 15.0 Å². The predicted molar refractivity (Wildman–Crippen MR) is 116 cm³/mol. The zero-order chi connectivity index (χ0) is 20.2. The highest BCUT2D eigenvalue weighted by Crippen LogP contribution is 2.28. The van der Waals surface area contributed by atoms with Crippen LogP contribution in [0.5, 0.6) is 11.5 Å². The third-order valence-corrected chi connectivity index (χ3v) is 5.26. The number of nitrogens with zero attached hydrogens (tertiary/aromatic N) is 1. The summed E-state index contributed by atoms with van der Waals surface area (Å²) in [4.78, 5) is 26.7. The van der Waals surface area contributed by atoms with Crippen LogP contribution >= 0.6 is 15.9 Å². The van der Waals surface area contributed by atoms with Crippen molar-refractivity contribution >= 4 is 39.1 Å². The fourth-order valence-electron chi connectivity index (χ4n) is 3.23. The average molecular weight is 451 g/mol. The molecule has 1 aliphatic heterocycles. The Morgan fingerprint density at radius 1 is 0.931 bits per heavy atom. The molecule has 0 radical (unpaired) electrons. The van der Waals surface area contributed by atoms with Crippen LogP contribution in [0.3, 0.4) is 0 Å². The van der Waals surface area contributed by atoms with Crippen LogP contribution in [-0.4, -0.2) is 18.4 Å². The number of para-hydroxylation sites is 1. The molecule has 1 aliphatic rings. The highest BCUT2D eigenvalue weighted by molar-refractivity contribution is 9.10. The first-order chi connectivity index (χ1) is 14.1. The molecule has 4 rings (SSSR count). The molecule has 0 aromatic heterocycles. The summed E-state index contributed by atoms with van der Waals surface area (Å²) < 4.78 is 6.70. The van der Waals surface area contributed by atoms with Crippen molar-refractivity contribution in [3.05, 3.63) is 83.3 Å². The van der Waals surface area contributed by atoms with Gasteiger partial charge in [-0.2, -0.15) is 0 Å². The van der Waals surface area contributed by atoms with Gasteiger partial charge in [-0.05, 0) is 60.7 Å². The van der Waals surface area contributed by atoms with Gasteiger partial charge in [0, 0.05) is 28.8 Å². The number of benzene rings is 3. The van der Waals surface area contributed by atoms with Gasteiger partial charge in [-0.25, -0.2) is 0 Å². The summed E-state index contributed by atoms with van der Waals surface area (Å²) in [6, 6.07) is 24.2. The van der Waals surface area contributed by atoms with Crippen molar-refractivity contribution in [2.24, 2.45) is 5.92 Å². The maximum absolute atomic E-state index is 12.6. The Balaban J connectivity index is 1.37. The molecule has 1 N–H and O–H groups in total. The SMILES string of the molecule is O=C(Nc1ccc(Oc2ccccc2)cc1)[C@@H]1CC(=O)N(c2ccc(Br)cc2)C1. The normalized spacial score (nSPS) is 16.0. The average Bonchev–Trinajstić information content (AvgIpc) is 3.13. The molecule has 3 aromatic rings. The molecule has 0 unspecified atom stereocenters. The van der Waals surface area contributed by atoms with E-state index in [2.05, 4.69) is 21.2 Å². The van der Waals surface area contributed by atoms with Crippen molar-refractivity contribution in [2.45, 2.75) is 6.42 Å². The van der Waals surface area contributed by atoms with Crippen molar-refractivity contribution in [3.63, 3.8) is 0 Å². The summed E-state index contributed by atoms with van der Waals surface area (Å²) >= 11 is 3.39. The topological polar surface area (TPSA) is 58.6 Å². The first-order valence-corrected chi connectivity index (χ1v) is 10.1. The lowest BCUT2D eigenvalue weighted by atomic mass is 10.1. The summed E-state index contributed by atoms with van der Waals surface area (Å²) in [7, 11) is 0. The van der Waals surface area contributed by atoms with Crippen LogP contribution in [0.4, 0.5) is 11.4 Å². The number of amides is 2. The standard InChI is InChI=1S/C23H19BrN2O3/c24-17-6-10-19(11-7-17)26-15-16(14-22(26)27)23(28)25-18-8-12-21(13-9-18)29-20-4-2-1-3-5-20/h1-13,16H,14-15H2,(H,25,28)/t16-/m1/s1. The molecule has 3 aromatic carbocycles. The van der Waals surface area contributed by atoms with Crippen LogP contribution in [0.2, 0.25) is 0 Å². The second-order valence-electron chi connectivity index (χ2n) is 6.81. The van der Waals surface area contributed by atoms with Gasteiger partial charge in [-0.3, -0.25) is 9.59 Å². The minimum absolute atomic E-state index is 0.0425. The molecule has 1 heterocycles. The Kier molecular flexibility index (Phi) is 5.62. The van der Waals surface area contributed by atoms with E-state index in [-0.39, 0.29) is 24.2 Å².